The lowest BCUT2D eigenvalue weighted by molar-refractivity contribution is -0.255. The highest BCUT2D eigenvalue weighted by molar-refractivity contribution is 6.30. The van der Waals surface area contributed by atoms with Crippen LogP contribution in [0.25, 0.3) is 5.69 Å². The standard InChI is InChI=1S/C12H9ClN2O3.H3N/c1-7-10(12(17)18)11(16)15(6-14-7)9-4-2-8(13)3-5-9;/h2-6H,1H3,(H,17,18);1H3. The molecule has 0 unspecified atom stereocenters. The largest absolute Gasteiger partial charge is 0.545 e. The van der Waals surface area contributed by atoms with Gasteiger partial charge in [0.1, 0.15) is 6.33 Å². The Bertz CT molecular complexity index is 665. The van der Waals surface area contributed by atoms with Gasteiger partial charge >= 0.3 is 0 Å². The van der Waals surface area contributed by atoms with Crippen LogP contribution in [0, 0.1) is 6.92 Å². The van der Waals surface area contributed by atoms with Gasteiger partial charge < -0.3 is 16.1 Å². The number of carboxylic acid groups (broad SMARTS) is 1. The lowest BCUT2D eigenvalue weighted by atomic mass is 10.2. The van der Waals surface area contributed by atoms with Gasteiger partial charge in [0.2, 0.25) is 0 Å². The van der Waals surface area contributed by atoms with E-state index in [0.29, 0.717) is 10.7 Å². The van der Waals surface area contributed by atoms with E-state index >= 15 is 0 Å². The predicted octanol–water partition coefficient (Wildman–Crippen LogP) is 0.934. The summed E-state index contributed by atoms with van der Waals surface area (Å²) in [4.78, 5) is 26.7. The van der Waals surface area contributed by atoms with Crippen molar-refractivity contribution >= 4 is 17.6 Å². The van der Waals surface area contributed by atoms with Crippen LogP contribution in [0.4, 0.5) is 0 Å². The molecule has 1 aromatic carbocycles. The minimum absolute atomic E-state index is 0. The van der Waals surface area contributed by atoms with Crippen LogP contribution in [0.2, 0.25) is 5.02 Å². The van der Waals surface area contributed by atoms with Gasteiger partial charge in [0.05, 0.1) is 22.9 Å². The molecule has 19 heavy (non-hydrogen) atoms. The maximum absolute atomic E-state index is 12.0. The second-order valence-electron chi connectivity index (χ2n) is 3.64. The molecule has 0 spiro atoms. The van der Waals surface area contributed by atoms with Crippen molar-refractivity contribution in [2.75, 3.05) is 0 Å². The number of aromatic carboxylic acids is 1. The van der Waals surface area contributed by atoms with Gasteiger partial charge in [-0.05, 0) is 31.2 Å². The first-order chi connectivity index (χ1) is 8.50. The van der Waals surface area contributed by atoms with Crippen LogP contribution in [0.5, 0.6) is 0 Å². The first kappa shape index (κ1) is 14.9. The molecule has 0 saturated carbocycles. The van der Waals surface area contributed by atoms with Gasteiger partial charge in [-0.3, -0.25) is 9.36 Å². The number of aromatic nitrogens is 2. The number of benzene rings is 1. The van der Waals surface area contributed by atoms with E-state index in [1.54, 1.807) is 24.3 Å². The molecular weight excluding hydrogens is 270 g/mol. The van der Waals surface area contributed by atoms with E-state index in [2.05, 4.69) is 4.98 Å². The second kappa shape index (κ2) is 5.64. The number of nitrogens with zero attached hydrogens (tertiary/aromatic N) is 2. The molecule has 100 valence electrons. The summed E-state index contributed by atoms with van der Waals surface area (Å²) in [5.41, 5.74) is -0.498. The number of carbonyl (C=O) groups is 1. The lowest BCUT2D eigenvalue weighted by Gasteiger charge is -2.10. The van der Waals surface area contributed by atoms with Crippen LogP contribution in [0.1, 0.15) is 16.1 Å². The van der Waals surface area contributed by atoms with Gasteiger partial charge in [-0.25, -0.2) is 4.98 Å². The molecule has 6 nitrogen and oxygen atoms in total. The van der Waals surface area contributed by atoms with E-state index in [1.165, 1.54) is 13.3 Å². The Morgan fingerprint density at radius 2 is 1.89 bits per heavy atom. The molecule has 0 radical (unpaired) electrons. The van der Waals surface area contributed by atoms with Gasteiger partial charge in [-0.15, -0.1) is 0 Å². The zero-order chi connectivity index (χ0) is 13.3. The van der Waals surface area contributed by atoms with Gasteiger partial charge in [0.25, 0.3) is 5.56 Å². The first-order valence-corrected chi connectivity index (χ1v) is 5.44. The number of quaternary nitrogens is 1. The van der Waals surface area contributed by atoms with Crippen molar-refractivity contribution in [3.63, 3.8) is 0 Å². The van der Waals surface area contributed by atoms with Gasteiger partial charge in [0.15, 0.2) is 0 Å². The summed E-state index contributed by atoms with van der Waals surface area (Å²) in [5, 5.41) is 11.4. The topological polar surface area (TPSA) is 112 Å². The molecule has 1 aromatic heterocycles. The molecule has 0 saturated heterocycles. The van der Waals surface area contributed by atoms with Crippen LogP contribution in [0.3, 0.4) is 0 Å². The maximum Gasteiger partial charge on any atom is 0.267 e. The van der Waals surface area contributed by atoms with Gasteiger partial charge in [-0.2, -0.15) is 0 Å². The first-order valence-electron chi connectivity index (χ1n) is 5.06. The lowest BCUT2D eigenvalue weighted by Crippen LogP contribution is -2.34. The second-order valence-corrected chi connectivity index (χ2v) is 4.08. The van der Waals surface area contributed by atoms with Crippen LogP contribution >= 0.6 is 11.6 Å². The highest BCUT2D eigenvalue weighted by atomic mass is 35.5. The molecule has 0 amide bonds. The molecule has 1 heterocycles. The molecule has 0 atom stereocenters. The predicted molar refractivity (Wildman–Crippen MR) is 69.9 cm³/mol. The number of hydrogen-bond acceptors (Lipinski definition) is 4. The van der Waals surface area contributed by atoms with E-state index in [4.69, 9.17) is 11.6 Å². The summed E-state index contributed by atoms with van der Waals surface area (Å²) < 4.78 is 1.13. The van der Waals surface area contributed by atoms with Crippen molar-refractivity contribution in [3.8, 4) is 5.69 Å². The Labute approximate surface area is 113 Å². The Balaban J connectivity index is 0.00000180. The Morgan fingerprint density at radius 1 is 1.32 bits per heavy atom. The number of rotatable bonds is 2. The van der Waals surface area contributed by atoms with E-state index in [0.717, 1.165) is 4.57 Å². The molecule has 2 rings (SSSR count). The fourth-order valence-corrected chi connectivity index (χ4v) is 1.68. The number of halogens is 1. The van der Waals surface area contributed by atoms with Crippen molar-refractivity contribution < 1.29 is 9.90 Å². The minimum atomic E-state index is -1.53. The third-order valence-corrected chi connectivity index (χ3v) is 2.72. The average Bonchev–Trinajstić information content (AvgIpc) is 2.30. The number of hydrogen-bond donors (Lipinski definition) is 1. The van der Waals surface area contributed by atoms with E-state index in [9.17, 15) is 14.7 Å². The Hall–Kier alpha value is -2.18. The monoisotopic (exact) mass is 281 g/mol. The summed E-state index contributed by atoms with van der Waals surface area (Å²) in [7, 11) is 0. The summed E-state index contributed by atoms with van der Waals surface area (Å²) >= 11 is 5.74. The fraction of sp³-hybridized carbons (Fsp3) is 0.0833. The highest BCUT2D eigenvalue weighted by Crippen LogP contribution is 2.12. The average molecular weight is 282 g/mol. The van der Waals surface area contributed by atoms with E-state index < -0.39 is 17.1 Å². The fourth-order valence-electron chi connectivity index (χ4n) is 1.56. The Kier molecular flexibility index (Phi) is 4.42. The summed E-state index contributed by atoms with van der Waals surface area (Å²) in [6.45, 7) is 1.44. The van der Waals surface area contributed by atoms with Crippen LogP contribution in [-0.4, -0.2) is 15.5 Å². The highest BCUT2D eigenvalue weighted by Gasteiger charge is 2.10. The van der Waals surface area contributed by atoms with Crippen molar-refractivity contribution in [1.82, 2.24) is 15.7 Å². The quantitative estimate of drug-likeness (QED) is 0.882. The van der Waals surface area contributed by atoms with Crippen molar-refractivity contribution in [1.29, 1.82) is 0 Å². The summed E-state index contributed by atoms with van der Waals surface area (Å²) in [5.74, 6) is -1.53. The van der Waals surface area contributed by atoms with Crippen LogP contribution in [0.15, 0.2) is 35.4 Å². The van der Waals surface area contributed by atoms with E-state index in [-0.39, 0.29) is 11.8 Å². The molecule has 0 fully saturated rings. The molecule has 4 N–H and O–H groups in total. The molecule has 7 heteroatoms. The van der Waals surface area contributed by atoms with Crippen LogP contribution in [-0.2, 0) is 0 Å². The molecular formula is C12H12ClN3O3. The SMILES string of the molecule is Cc1ncn(-c2ccc(Cl)cc2)c(=O)c1C(=O)[O-].[NH4+]. The normalized spacial score (nSPS) is 9.79. The van der Waals surface area contributed by atoms with Crippen molar-refractivity contribution in [3.05, 3.63) is 57.2 Å². The smallest absolute Gasteiger partial charge is 0.267 e. The van der Waals surface area contributed by atoms with Gasteiger partial charge in [-0.1, -0.05) is 11.6 Å². The maximum atomic E-state index is 12.0. The zero-order valence-electron chi connectivity index (χ0n) is 10.4. The molecule has 0 aliphatic carbocycles. The summed E-state index contributed by atoms with van der Waals surface area (Å²) in [6.07, 6.45) is 1.27. The van der Waals surface area contributed by atoms with E-state index in [1.807, 2.05) is 0 Å². The molecule has 0 aliphatic rings. The minimum Gasteiger partial charge on any atom is -0.545 e. The zero-order valence-corrected chi connectivity index (χ0v) is 11.1. The number of carboxylic acids is 1. The molecule has 0 bridgehead atoms. The van der Waals surface area contributed by atoms with Gasteiger partial charge in [0, 0.05) is 5.02 Å². The van der Waals surface area contributed by atoms with Crippen LogP contribution < -0.4 is 16.8 Å². The number of aryl methyl sites for hydroxylation is 1. The summed E-state index contributed by atoms with van der Waals surface area (Å²) in [6, 6.07) is 6.39. The van der Waals surface area contributed by atoms with Crippen molar-refractivity contribution in [2.45, 2.75) is 6.92 Å². The molecule has 0 aliphatic heterocycles. The third kappa shape index (κ3) is 2.81. The third-order valence-electron chi connectivity index (χ3n) is 2.47. The number of carbonyl (C=O) groups excluding carboxylic acids is 1. The molecule has 2 aromatic rings. The Morgan fingerprint density at radius 3 is 2.42 bits per heavy atom. The van der Waals surface area contributed by atoms with Crippen molar-refractivity contribution in [2.24, 2.45) is 0 Å².